The summed E-state index contributed by atoms with van der Waals surface area (Å²) in [6, 6.07) is 6.75. The zero-order chi connectivity index (χ0) is 14.3. The lowest BCUT2D eigenvalue weighted by Crippen LogP contribution is -2.03. The Morgan fingerprint density at radius 1 is 1.37 bits per heavy atom. The highest BCUT2D eigenvalue weighted by molar-refractivity contribution is 5.91. The molecule has 0 spiro atoms. The minimum atomic E-state index is -0.916. The van der Waals surface area contributed by atoms with E-state index in [1.54, 1.807) is 24.3 Å². The van der Waals surface area contributed by atoms with Gasteiger partial charge in [0.1, 0.15) is 5.76 Å². The molecule has 1 aromatic carbocycles. The average Bonchev–Trinajstić information content (AvgIpc) is 2.34. The van der Waals surface area contributed by atoms with E-state index in [4.69, 9.17) is 9.84 Å². The standard InChI is InChI=1S/C9H8O2.C6H8O2/c1-2-7-5-3-4-6-8(7)9(10)11;1-5(7)8-6-3-2-4-6/h2-6H,1H2,(H,10,11);3H,2,4H2,1H3. The Kier molecular flexibility index (Phi) is 5.54. The third kappa shape index (κ3) is 4.79. The number of rotatable bonds is 3. The maximum absolute atomic E-state index is 10.5. The molecular formula is C15H16O4. The van der Waals surface area contributed by atoms with Crippen LogP contribution in [0.5, 0.6) is 0 Å². The Morgan fingerprint density at radius 2 is 2.00 bits per heavy atom. The Bertz CT molecular complexity index is 515. The maximum Gasteiger partial charge on any atom is 0.336 e. The predicted molar refractivity (Wildman–Crippen MR) is 72.6 cm³/mol. The van der Waals surface area contributed by atoms with Gasteiger partial charge in [-0.2, -0.15) is 0 Å². The van der Waals surface area contributed by atoms with Gasteiger partial charge < -0.3 is 9.84 Å². The van der Waals surface area contributed by atoms with Crippen molar-refractivity contribution in [2.75, 3.05) is 0 Å². The Labute approximate surface area is 112 Å². The third-order valence-electron chi connectivity index (χ3n) is 2.45. The molecule has 0 unspecified atom stereocenters. The van der Waals surface area contributed by atoms with Crippen molar-refractivity contribution < 1.29 is 19.4 Å². The van der Waals surface area contributed by atoms with Gasteiger partial charge in [-0.25, -0.2) is 4.79 Å². The molecule has 1 N–H and O–H groups in total. The van der Waals surface area contributed by atoms with Crippen molar-refractivity contribution in [2.24, 2.45) is 0 Å². The van der Waals surface area contributed by atoms with E-state index in [-0.39, 0.29) is 5.97 Å². The molecule has 19 heavy (non-hydrogen) atoms. The number of ether oxygens (including phenoxy) is 1. The van der Waals surface area contributed by atoms with Crippen molar-refractivity contribution in [3.63, 3.8) is 0 Å². The molecule has 100 valence electrons. The minimum absolute atomic E-state index is 0.212. The van der Waals surface area contributed by atoms with Crippen molar-refractivity contribution in [3.8, 4) is 0 Å². The van der Waals surface area contributed by atoms with Crippen LogP contribution in [0.4, 0.5) is 0 Å². The van der Waals surface area contributed by atoms with E-state index in [0.29, 0.717) is 11.1 Å². The molecule has 0 radical (unpaired) electrons. The quantitative estimate of drug-likeness (QED) is 0.847. The normalized spacial score (nSPS) is 12.2. The smallest absolute Gasteiger partial charge is 0.336 e. The fourth-order valence-corrected chi connectivity index (χ4v) is 1.41. The van der Waals surface area contributed by atoms with Gasteiger partial charge in [0.25, 0.3) is 0 Å². The molecule has 0 saturated heterocycles. The fraction of sp³-hybridized carbons (Fsp3) is 0.200. The summed E-state index contributed by atoms with van der Waals surface area (Å²) in [4.78, 5) is 20.7. The number of hydrogen-bond acceptors (Lipinski definition) is 3. The molecule has 4 heteroatoms. The first-order chi connectivity index (χ1) is 9.04. The zero-order valence-electron chi connectivity index (χ0n) is 10.8. The molecule has 1 aromatic rings. The molecule has 0 fully saturated rings. The van der Waals surface area contributed by atoms with Gasteiger partial charge in [0, 0.05) is 13.3 Å². The van der Waals surface area contributed by atoms with Crippen LogP contribution in [0.15, 0.2) is 42.7 Å². The molecule has 0 aliphatic heterocycles. The highest BCUT2D eigenvalue weighted by atomic mass is 16.5. The van der Waals surface area contributed by atoms with Crippen LogP contribution in [0.3, 0.4) is 0 Å². The van der Waals surface area contributed by atoms with Crippen molar-refractivity contribution >= 4 is 18.0 Å². The van der Waals surface area contributed by atoms with Crippen LogP contribution in [0, 0.1) is 0 Å². The van der Waals surface area contributed by atoms with E-state index in [1.165, 1.54) is 13.0 Å². The zero-order valence-corrected chi connectivity index (χ0v) is 10.8. The number of carbonyl (C=O) groups is 2. The molecule has 0 atom stereocenters. The van der Waals surface area contributed by atoms with Crippen LogP contribution in [0.25, 0.3) is 6.08 Å². The largest absolute Gasteiger partial charge is 0.478 e. The summed E-state index contributed by atoms with van der Waals surface area (Å²) in [5.41, 5.74) is 0.947. The van der Waals surface area contributed by atoms with E-state index in [1.807, 2.05) is 6.08 Å². The molecule has 1 aliphatic carbocycles. The monoisotopic (exact) mass is 260 g/mol. The van der Waals surface area contributed by atoms with Crippen molar-refractivity contribution in [3.05, 3.63) is 53.8 Å². The summed E-state index contributed by atoms with van der Waals surface area (Å²) in [5.74, 6) is -0.297. The highest BCUT2D eigenvalue weighted by Crippen LogP contribution is 2.18. The number of carbonyl (C=O) groups excluding carboxylic acids is 1. The van der Waals surface area contributed by atoms with Gasteiger partial charge in [0.15, 0.2) is 0 Å². The first-order valence-electron chi connectivity index (χ1n) is 5.86. The highest BCUT2D eigenvalue weighted by Gasteiger charge is 2.07. The number of benzene rings is 1. The number of carboxylic acids is 1. The van der Waals surface area contributed by atoms with Crippen molar-refractivity contribution in [1.29, 1.82) is 0 Å². The average molecular weight is 260 g/mol. The first kappa shape index (κ1) is 14.7. The topological polar surface area (TPSA) is 63.6 Å². The fourth-order valence-electron chi connectivity index (χ4n) is 1.41. The summed E-state index contributed by atoms with van der Waals surface area (Å²) < 4.78 is 4.71. The van der Waals surface area contributed by atoms with Gasteiger partial charge in [0.2, 0.25) is 0 Å². The lowest BCUT2D eigenvalue weighted by Gasteiger charge is -2.11. The summed E-state index contributed by atoms with van der Waals surface area (Å²) in [5, 5.41) is 8.65. The van der Waals surface area contributed by atoms with E-state index in [2.05, 4.69) is 6.58 Å². The molecule has 0 bridgehead atoms. The number of esters is 1. The van der Waals surface area contributed by atoms with Gasteiger partial charge in [0.05, 0.1) is 5.56 Å². The second-order valence-electron chi connectivity index (χ2n) is 3.90. The van der Waals surface area contributed by atoms with Crippen LogP contribution in [-0.2, 0) is 9.53 Å². The van der Waals surface area contributed by atoms with E-state index < -0.39 is 5.97 Å². The molecule has 0 amide bonds. The predicted octanol–water partition coefficient (Wildman–Crippen LogP) is 3.26. The summed E-state index contributed by atoms with van der Waals surface area (Å²) in [6.45, 7) is 4.93. The van der Waals surface area contributed by atoms with E-state index >= 15 is 0 Å². The minimum Gasteiger partial charge on any atom is -0.478 e. The van der Waals surface area contributed by atoms with Crippen molar-refractivity contribution in [1.82, 2.24) is 0 Å². The lowest BCUT2D eigenvalue weighted by molar-refractivity contribution is -0.137. The Morgan fingerprint density at radius 3 is 2.32 bits per heavy atom. The molecule has 2 rings (SSSR count). The molecule has 1 aliphatic rings. The Balaban J connectivity index is 0.000000200. The van der Waals surface area contributed by atoms with Gasteiger partial charge in [-0.1, -0.05) is 30.9 Å². The maximum atomic E-state index is 10.5. The van der Waals surface area contributed by atoms with Gasteiger partial charge >= 0.3 is 11.9 Å². The number of hydrogen-bond donors (Lipinski definition) is 1. The van der Waals surface area contributed by atoms with Crippen LogP contribution in [0.2, 0.25) is 0 Å². The van der Waals surface area contributed by atoms with Crippen LogP contribution < -0.4 is 0 Å². The second-order valence-corrected chi connectivity index (χ2v) is 3.90. The molecule has 0 heterocycles. The number of carboxylic acid groups (broad SMARTS) is 1. The Hall–Kier alpha value is -2.36. The second kappa shape index (κ2) is 7.16. The lowest BCUT2D eigenvalue weighted by atomic mass is 10.1. The molecule has 0 saturated carbocycles. The van der Waals surface area contributed by atoms with E-state index in [0.717, 1.165) is 18.6 Å². The van der Waals surface area contributed by atoms with Crippen molar-refractivity contribution in [2.45, 2.75) is 19.8 Å². The molecule has 4 nitrogen and oxygen atoms in total. The molecular weight excluding hydrogens is 244 g/mol. The summed E-state index contributed by atoms with van der Waals surface area (Å²) in [6.07, 6.45) is 5.44. The van der Waals surface area contributed by atoms with E-state index in [9.17, 15) is 9.59 Å². The number of allylic oxidation sites excluding steroid dienone is 2. The van der Waals surface area contributed by atoms with Crippen LogP contribution >= 0.6 is 0 Å². The number of aromatic carboxylic acids is 1. The SMILES string of the molecule is C=Cc1ccccc1C(=O)O.CC(=O)OC1=CCC1. The third-order valence-corrected chi connectivity index (χ3v) is 2.45. The van der Waals surface area contributed by atoms with Gasteiger partial charge in [-0.15, -0.1) is 0 Å². The van der Waals surface area contributed by atoms with Gasteiger partial charge in [-0.05, 0) is 24.1 Å². The van der Waals surface area contributed by atoms with Gasteiger partial charge in [-0.3, -0.25) is 4.79 Å². The summed E-state index contributed by atoms with van der Waals surface area (Å²) >= 11 is 0. The van der Waals surface area contributed by atoms with Crippen LogP contribution in [-0.4, -0.2) is 17.0 Å². The first-order valence-corrected chi connectivity index (χ1v) is 5.86. The molecule has 0 aromatic heterocycles. The van der Waals surface area contributed by atoms with Crippen LogP contribution in [0.1, 0.15) is 35.7 Å². The summed E-state index contributed by atoms with van der Waals surface area (Å²) in [7, 11) is 0.